The second-order valence-electron chi connectivity index (χ2n) is 7.56. The van der Waals surface area contributed by atoms with E-state index in [9.17, 15) is 5.26 Å². The summed E-state index contributed by atoms with van der Waals surface area (Å²) in [5, 5.41) is 10.7. The van der Waals surface area contributed by atoms with E-state index < -0.39 is 0 Å². The molecular formula is C24H25ClN4O2S. The van der Waals surface area contributed by atoms with Gasteiger partial charge in [0.1, 0.15) is 25.0 Å². The summed E-state index contributed by atoms with van der Waals surface area (Å²) in [4.78, 5) is 8.60. The highest BCUT2D eigenvalue weighted by Crippen LogP contribution is 2.38. The molecule has 2 N–H and O–H groups in total. The summed E-state index contributed by atoms with van der Waals surface area (Å²) in [6, 6.07) is 15.6. The molecule has 3 rings (SSSR count). The first-order valence-corrected chi connectivity index (χ1v) is 11.7. The van der Waals surface area contributed by atoms with Crippen molar-refractivity contribution in [1.29, 1.82) is 5.26 Å². The van der Waals surface area contributed by atoms with Gasteiger partial charge in [-0.2, -0.15) is 5.26 Å². The molecule has 0 unspecified atom stereocenters. The van der Waals surface area contributed by atoms with E-state index in [1.807, 2.05) is 48.7 Å². The second kappa shape index (κ2) is 10.7. The Labute approximate surface area is 197 Å². The number of hydrogen-bond donors (Lipinski definition) is 1. The van der Waals surface area contributed by atoms with Crippen molar-refractivity contribution >= 4 is 23.4 Å². The van der Waals surface area contributed by atoms with Crippen molar-refractivity contribution in [2.45, 2.75) is 31.0 Å². The largest absolute Gasteiger partial charge is 0.489 e. The van der Waals surface area contributed by atoms with Gasteiger partial charge in [-0.05, 0) is 47.7 Å². The van der Waals surface area contributed by atoms with Crippen LogP contribution in [0.25, 0.3) is 0 Å². The van der Waals surface area contributed by atoms with Gasteiger partial charge in [0.05, 0.1) is 16.3 Å². The first-order valence-electron chi connectivity index (χ1n) is 10.0. The standard InChI is InChI=1S/C24H25ClN4O2S/c1-24(2,18-12-16(14-27)22(21(25)13-18)30-11-9-26)17-4-6-20(7-5-17)31-15-19-8-10-28-23(29-19)32-3/h4-8,10,12-13H,9,11,15,26H2,1-3H3. The Morgan fingerprint density at radius 2 is 1.88 bits per heavy atom. The highest BCUT2D eigenvalue weighted by molar-refractivity contribution is 7.98. The molecule has 2 aromatic carbocycles. The number of aromatic nitrogens is 2. The fourth-order valence-electron chi connectivity index (χ4n) is 3.19. The SMILES string of the molecule is CSc1nccc(COc2ccc(C(C)(C)c3cc(Cl)c(OCCN)c(C#N)c3)cc2)n1. The molecular weight excluding hydrogens is 444 g/mol. The van der Waals surface area contributed by atoms with Crippen LogP contribution in [0.5, 0.6) is 11.5 Å². The van der Waals surface area contributed by atoms with E-state index in [2.05, 4.69) is 29.9 Å². The van der Waals surface area contributed by atoms with Crippen LogP contribution in [-0.4, -0.2) is 29.4 Å². The van der Waals surface area contributed by atoms with Gasteiger partial charge < -0.3 is 15.2 Å². The van der Waals surface area contributed by atoms with Gasteiger partial charge in [0.25, 0.3) is 0 Å². The van der Waals surface area contributed by atoms with E-state index in [-0.39, 0.29) is 5.41 Å². The van der Waals surface area contributed by atoms with Crippen molar-refractivity contribution < 1.29 is 9.47 Å². The van der Waals surface area contributed by atoms with Gasteiger partial charge in [0, 0.05) is 18.2 Å². The number of hydrogen-bond acceptors (Lipinski definition) is 7. The Bertz CT molecular complexity index is 1110. The average molecular weight is 469 g/mol. The molecule has 0 aliphatic carbocycles. The van der Waals surface area contributed by atoms with Crippen LogP contribution in [0.1, 0.15) is 36.2 Å². The van der Waals surface area contributed by atoms with Gasteiger partial charge >= 0.3 is 0 Å². The molecule has 0 radical (unpaired) electrons. The zero-order chi connectivity index (χ0) is 23.1. The molecule has 1 aromatic heterocycles. The van der Waals surface area contributed by atoms with E-state index in [0.717, 1.165) is 27.7 Å². The molecule has 0 fully saturated rings. The summed E-state index contributed by atoms with van der Waals surface area (Å²) < 4.78 is 11.5. The fraction of sp³-hybridized carbons (Fsp3) is 0.292. The predicted octanol–water partition coefficient (Wildman–Crippen LogP) is 4.97. The molecule has 0 atom stereocenters. The summed E-state index contributed by atoms with van der Waals surface area (Å²) >= 11 is 7.93. The van der Waals surface area contributed by atoms with E-state index in [0.29, 0.717) is 36.1 Å². The maximum atomic E-state index is 9.58. The van der Waals surface area contributed by atoms with Crippen LogP contribution in [0.4, 0.5) is 0 Å². The van der Waals surface area contributed by atoms with Gasteiger partial charge in [-0.25, -0.2) is 9.97 Å². The van der Waals surface area contributed by atoms with Crippen LogP contribution >= 0.6 is 23.4 Å². The number of benzene rings is 2. The van der Waals surface area contributed by atoms with Gasteiger partial charge in [0.2, 0.25) is 0 Å². The minimum Gasteiger partial charge on any atom is -0.489 e. The maximum Gasteiger partial charge on any atom is 0.187 e. The summed E-state index contributed by atoms with van der Waals surface area (Å²) in [7, 11) is 0. The summed E-state index contributed by atoms with van der Waals surface area (Å²) in [6.07, 6.45) is 3.67. The lowest BCUT2D eigenvalue weighted by atomic mass is 9.77. The van der Waals surface area contributed by atoms with Crippen molar-refractivity contribution in [2.24, 2.45) is 5.73 Å². The first-order chi connectivity index (χ1) is 15.4. The Balaban J connectivity index is 1.78. The minimum absolute atomic E-state index is 0.298. The third-order valence-corrected chi connectivity index (χ3v) is 5.93. The third-order valence-electron chi connectivity index (χ3n) is 5.09. The molecule has 32 heavy (non-hydrogen) atoms. The smallest absolute Gasteiger partial charge is 0.187 e. The van der Waals surface area contributed by atoms with Gasteiger partial charge in [-0.15, -0.1) is 0 Å². The average Bonchev–Trinajstić information content (AvgIpc) is 2.81. The molecule has 0 aliphatic heterocycles. The van der Waals surface area contributed by atoms with Crippen molar-refractivity contribution in [3.63, 3.8) is 0 Å². The molecule has 3 aromatic rings. The molecule has 0 bridgehead atoms. The number of nitrogens with zero attached hydrogens (tertiary/aromatic N) is 3. The van der Waals surface area contributed by atoms with Crippen LogP contribution < -0.4 is 15.2 Å². The lowest BCUT2D eigenvalue weighted by Gasteiger charge is -2.27. The van der Waals surface area contributed by atoms with E-state index in [1.165, 1.54) is 11.8 Å². The predicted molar refractivity (Wildman–Crippen MR) is 127 cm³/mol. The maximum absolute atomic E-state index is 9.58. The molecule has 8 heteroatoms. The van der Waals surface area contributed by atoms with Crippen molar-refractivity contribution in [2.75, 3.05) is 19.4 Å². The van der Waals surface area contributed by atoms with Crippen LogP contribution in [0.15, 0.2) is 53.8 Å². The molecule has 0 spiro atoms. The van der Waals surface area contributed by atoms with Crippen molar-refractivity contribution in [3.8, 4) is 17.6 Å². The summed E-state index contributed by atoms with van der Waals surface area (Å²) in [5.74, 6) is 1.12. The molecule has 0 amide bonds. The fourth-order valence-corrected chi connectivity index (χ4v) is 3.84. The number of nitriles is 1. The zero-order valence-electron chi connectivity index (χ0n) is 18.3. The number of ether oxygens (including phenoxy) is 2. The molecule has 0 saturated carbocycles. The van der Waals surface area contributed by atoms with Crippen molar-refractivity contribution in [1.82, 2.24) is 9.97 Å². The van der Waals surface area contributed by atoms with Crippen LogP contribution in [0.3, 0.4) is 0 Å². The lowest BCUT2D eigenvalue weighted by Crippen LogP contribution is -2.19. The second-order valence-corrected chi connectivity index (χ2v) is 8.74. The number of thioether (sulfide) groups is 1. The Hall–Kier alpha value is -2.79. The van der Waals surface area contributed by atoms with Crippen LogP contribution in [-0.2, 0) is 12.0 Å². The number of nitrogens with two attached hydrogens (primary N) is 1. The summed E-state index contributed by atoms with van der Waals surface area (Å²) in [6.45, 7) is 5.18. The topological polar surface area (TPSA) is 94.0 Å². The molecule has 166 valence electrons. The third kappa shape index (κ3) is 5.52. The monoisotopic (exact) mass is 468 g/mol. The number of halogens is 1. The Morgan fingerprint density at radius 3 is 2.53 bits per heavy atom. The van der Waals surface area contributed by atoms with Crippen molar-refractivity contribution in [3.05, 3.63) is 76.1 Å². The lowest BCUT2D eigenvalue weighted by molar-refractivity contribution is 0.300. The van der Waals surface area contributed by atoms with Crippen LogP contribution in [0.2, 0.25) is 5.02 Å². The van der Waals surface area contributed by atoms with Crippen LogP contribution in [0, 0.1) is 11.3 Å². The Kier molecular flexibility index (Phi) is 7.97. The first kappa shape index (κ1) is 23.9. The molecule has 0 saturated heterocycles. The van der Waals surface area contributed by atoms with E-state index in [4.69, 9.17) is 26.8 Å². The van der Waals surface area contributed by atoms with E-state index in [1.54, 1.807) is 6.20 Å². The number of rotatable bonds is 9. The van der Waals surface area contributed by atoms with E-state index >= 15 is 0 Å². The zero-order valence-corrected chi connectivity index (χ0v) is 19.8. The Morgan fingerprint density at radius 1 is 1.12 bits per heavy atom. The minimum atomic E-state index is -0.389. The molecule has 6 nitrogen and oxygen atoms in total. The highest BCUT2D eigenvalue weighted by Gasteiger charge is 2.26. The normalized spacial score (nSPS) is 11.1. The molecule has 1 heterocycles. The molecule has 0 aliphatic rings. The van der Waals surface area contributed by atoms with Gasteiger partial charge in [-0.1, -0.05) is 49.3 Å². The quantitative estimate of drug-likeness (QED) is 0.350. The summed E-state index contributed by atoms with van der Waals surface area (Å²) in [5.41, 5.74) is 8.31. The van der Waals surface area contributed by atoms with Gasteiger partial charge in [0.15, 0.2) is 10.9 Å². The van der Waals surface area contributed by atoms with Gasteiger partial charge in [-0.3, -0.25) is 0 Å². The highest BCUT2D eigenvalue weighted by atomic mass is 35.5.